The molecule has 0 amide bonds. The lowest BCUT2D eigenvalue weighted by atomic mass is 10.5. The molecule has 2 aliphatic rings. The minimum absolute atomic E-state index is 1.05. The van der Waals surface area contributed by atoms with Gasteiger partial charge in [0, 0.05) is 13.8 Å². The highest BCUT2D eigenvalue weighted by Gasteiger charge is 2.32. The van der Waals surface area contributed by atoms with Gasteiger partial charge in [0.15, 0.2) is 0 Å². The van der Waals surface area contributed by atoms with E-state index < -0.39 is 0 Å². The van der Waals surface area contributed by atoms with E-state index in [0.717, 1.165) is 32.8 Å². The molecule has 0 aromatic carbocycles. The lowest BCUT2D eigenvalue weighted by molar-refractivity contribution is -0.487. The third-order valence-electron chi connectivity index (χ3n) is 3.77. The molecule has 2 rings (SSSR count). The summed E-state index contributed by atoms with van der Waals surface area (Å²) in [6, 6.07) is 0. The van der Waals surface area contributed by atoms with Crippen molar-refractivity contribution in [3.8, 4) is 0 Å². The quantitative estimate of drug-likeness (QED) is 0.580. The SMILES string of the molecule is CC1=[N+](C)CCN1CN1CC[N+](C)=C1C. The largest absolute Gasteiger partial charge is 0.265 e. The Morgan fingerprint density at radius 1 is 0.933 bits per heavy atom. The van der Waals surface area contributed by atoms with Crippen molar-refractivity contribution in [1.82, 2.24) is 9.80 Å². The Morgan fingerprint density at radius 3 is 1.60 bits per heavy atom. The van der Waals surface area contributed by atoms with Crippen molar-refractivity contribution < 1.29 is 9.15 Å². The first-order valence-corrected chi connectivity index (χ1v) is 5.69. The first-order valence-electron chi connectivity index (χ1n) is 5.69. The Labute approximate surface area is 92.1 Å². The third-order valence-corrected chi connectivity index (χ3v) is 3.77. The molecule has 2 heterocycles. The highest BCUT2D eigenvalue weighted by Crippen LogP contribution is 2.06. The van der Waals surface area contributed by atoms with Crippen molar-refractivity contribution in [2.75, 3.05) is 46.9 Å². The monoisotopic (exact) mass is 210 g/mol. The van der Waals surface area contributed by atoms with Gasteiger partial charge in [-0.1, -0.05) is 0 Å². The number of nitrogens with zero attached hydrogens (tertiary/aromatic N) is 4. The maximum atomic E-state index is 2.46. The topological polar surface area (TPSA) is 12.5 Å². The predicted octanol–water partition coefficient (Wildman–Crippen LogP) is -0.303. The van der Waals surface area contributed by atoms with Gasteiger partial charge < -0.3 is 0 Å². The van der Waals surface area contributed by atoms with E-state index in [-0.39, 0.29) is 0 Å². The summed E-state index contributed by atoms with van der Waals surface area (Å²) in [6.45, 7) is 10.1. The van der Waals surface area contributed by atoms with Gasteiger partial charge in [-0.15, -0.1) is 0 Å². The van der Waals surface area contributed by atoms with Crippen LogP contribution in [0.4, 0.5) is 0 Å². The second-order valence-electron chi connectivity index (χ2n) is 4.61. The van der Waals surface area contributed by atoms with Crippen LogP contribution in [-0.2, 0) is 0 Å². The molecule has 0 saturated carbocycles. The molecule has 0 fully saturated rings. The molecule has 4 nitrogen and oxygen atoms in total. The van der Waals surface area contributed by atoms with Gasteiger partial charge >= 0.3 is 0 Å². The van der Waals surface area contributed by atoms with Crippen molar-refractivity contribution in [1.29, 1.82) is 0 Å². The van der Waals surface area contributed by atoms with E-state index in [1.165, 1.54) is 11.7 Å². The van der Waals surface area contributed by atoms with Crippen LogP contribution in [0.2, 0.25) is 0 Å². The highest BCUT2D eigenvalue weighted by molar-refractivity contribution is 5.78. The van der Waals surface area contributed by atoms with E-state index in [4.69, 9.17) is 0 Å². The van der Waals surface area contributed by atoms with E-state index in [1.807, 2.05) is 0 Å². The van der Waals surface area contributed by atoms with Gasteiger partial charge in [-0.2, -0.15) is 0 Å². The third kappa shape index (κ3) is 1.85. The summed E-state index contributed by atoms with van der Waals surface area (Å²) in [6.07, 6.45) is 0. The normalized spacial score (nSPS) is 22.4. The standard InChI is InChI=1S/C11H22N4/c1-10-12(3)5-7-14(10)9-15-8-6-13(4)11(15)2/h5-9H2,1-4H3/q+2. The van der Waals surface area contributed by atoms with Crippen LogP contribution in [0, 0.1) is 0 Å². The minimum Gasteiger partial charge on any atom is -0.265 e. The van der Waals surface area contributed by atoms with Gasteiger partial charge in [-0.3, -0.25) is 9.15 Å². The van der Waals surface area contributed by atoms with Crippen LogP contribution in [0.5, 0.6) is 0 Å². The van der Waals surface area contributed by atoms with E-state index in [9.17, 15) is 0 Å². The Kier molecular flexibility index (Phi) is 2.67. The predicted molar refractivity (Wildman–Crippen MR) is 61.7 cm³/mol. The Bertz CT molecular complexity index is 297. The molecule has 0 aromatic rings. The molecule has 15 heavy (non-hydrogen) atoms. The smallest absolute Gasteiger partial charge is 0.246 e. The zero-order valence-corrected chi connectivity index (χ0v) is 10.3. The molecule has 0 radical (unpaired) electrons. The maximum absolute atomic E-state index is 2.46. The Morgan fingerprint density at radius 2 is 1.33 bits per heavy atom. The van der Waals surface area contributed by atoms with E-state index >= 15 is 0 Å². The lowest BCUT2D eigenvalue weighted by Crippen LogP contribution is -2.40. The van der Waals surface area contributed by atoms with Gasteiger partial charge in [-0.05, 0) is 0 Å². The molecule has 0 saturated heterocycles. The van der Waals surface area contributed by atoms with Crippen LogP contribution in [0.25, 0.3) is 0 Å². The van der Waals surface area contributed by atoms with Crippen molar-refractivity contribution in [2.24, 2.45) is 0 Å². The molecule has 84 valence electrons. The molecular formula is C11H22N4+2. The van der Waals surface area contributed by atoms with Gasteiger partial charge in [0.1, 0.15) is 26.2 Å². The average Bonchev–Trinajstić information content (AvgIpc) is 2.68. The summed E-state index contributed by atoms with van der Waals surface area (Å²) < 4.78 is 4.66. The second-order valence-corrected chi connectivity index (χ2v) is 4.61. The van der Waals surface area contributed by atoms with Crippen LogP contribution in [-0.4, -0.2) is 77.6 Å². The minimum atomic E-state index is 1.05. The Balaban J connectivity index is 2.00. The van der Waals surface area contributed by atoms with Crippen molar-refractivity contribution in [2.45, 2.75) is 13.8 Å². The highest BCUT2D eigenvalue weighted by atomic mass is 15.4. The van der Waals surface area contributed by atoms with Crippen molar-refractivity contribution in [3.63, 3.8) is 0 Å². The summed E-state index contributed by atoms with van der Waals surface area (Å²) in [7, 11) is 4.34. The van der Waals surface area contributed by atoms with E-state index in [0.29, 0.717) is 0 Å². The summed E-state index contributed by atoms with van der Waals surface area (Å²) >= 11 is 0. The van der Waals surface area contributed by atoms with Crippen LogP contribution < -0.4 is 0 Å². The fourth-order valence-corrected chi connectivity index (χ4v) is 2.22. The molecule has 0 N–H and O–H groups in total. The van der Waals surface area contributed by atoms with Gasteiger partial charge in [0.25, 0.3) is 0 Å². The maximum Gasteiger partial charge on any atom is 0.246 e. The van der Waals surface area contributed by atoms with Crippen molar-refractivity contribution >= 4 is 11.7 Å². The number of amidine groups is 2. The lowest BCUT2D eigenvalue weighted by Gasteiger charge is -2.15. The van der Waals surface area contributed by atoms with Gasteiger partial charge in [0.05, 0.1) is 14.1 Å². The molecule has 4 heteroatoms. The first kappa shape index (κ1) is 10.5. The van der Waals surface area contributed by atoms with Crippen LogP contribution in [0.3, 0.4) is 0 Å². The fraction of sp³-hybridized carbons (Fsp3) is 0.818. The number of hydrogen-bond donors (Lipinski definition) is 0. The zero-order valence-electron chi connectivity index (χ0n) is 10.3. The summed E-state index contributed by atoms with van der Waals surface area (Å²) in [5, 5.41) is 0. The molecule has 2 aliphatic heterocycles. The van der Waals surface area contributed by atoms with Gasteiger partial charge in [0.2, 0.25) is 18.3 Å². The van der Waals surface area contributed by atoms with Gasteiger partial charge in [-0.25, -0.2) is 9.80 Å². The van der Waals surface area contributed by atoms with E-state index in [2.05, 4.69) is 46.9 Å². The molecular weight excluding hydrogens is 188 g/mol. The van der Waals surface area contributed by atoms with Crippen molar-refractivity contribution in [3.05, 3.63) is 0 Å². The molecule has 0 aromatic heterocycles. The zero-order chi connectivity index (χ0) is 11.0. The first-order chi connectivity index (χ1) is 7.09. The summed E-state index contributed by atoms with van der Waals surface area (Å²) in [5.41, 5.74) is 0. The summed E-state index contributed by atoms with van der Waals surface area (Å²) in [4.78, 5) is 4.92. The molecule has 0 aliphatic carbocycles. The van der Waals surface area contributed by atoms with Crippen LogP contribution in [0.1, 0.15) is 13.8 Å². The van der Waals surface area contributed by atoms with Crippen LogP contribution in [0.15, 0.2) is 0 Å². The summed E-state index contributed by atoms with van der Waals surface area (Å²) in [5.74, 6) is 2.80. The number of likely N-dealkylation sites (N-methyl/N-ethyl adjacent to an activating group) is 2. The number of rotatable bonds is 2. The fourth-order valence-electron chi connectivity index (χ4n) is 2.22. The molecule has 0 spiro atoms. The molecule has 0 atom stereocenters. The Hall–Kier alpha value is -1.06. The second kappa shape index (κ2) is 3.83. The molecule has 0 bridgehead atoms. The van der Waals surface area contributed by atoms with Crippen LogP contribution >= 0.6 is 0 Å². The molecule has 0 unspecified atom stereocenters. The van der Waals surface area contributed by atoms with E-state index in [1.54, 1.807) is 0 Å². The number of hydrogen-bond acceptors (Lipinski definition) is 2. The average molecular weight is 210 g/mol.